The first-order valence-electron chi connectivity index (χ1n) is 11.4. The van der Waals surface area contributed by atoms with E-state index in [2.05, 4.69) is 16.2 Å². The lowest BCUT2D eigenvalue weighted by molar-refractivity contribution is 0.0974. The smallest absolute Gasteiger partial charge is 0.259 e. The van der Waals surface area contributed by atoms with E-state index in [-0.39, 0.29) is 11.9 Å². The number of hydrogen-bond acceptors (Lipinski definition) is 6. The first kappa shape index (κ1) is 21.0. The van der Waals surface area contributed by atoms with Crippen molar-refractivity contribution in [2.24, 2.45) is 0 Å². The Bertz CT molecular complexity index is 1380. The number of methoxy groups -OCH3 is 1. The van der Waals surface area contributed by atoms with Crippen LogP contribution in [0.4, 0.5) is 5.69 Å². The summed E-state index contributed by atoms with van der Waals surface area (Å²) >= 11 is 1.62. The van der Waals surface area contributed by atoms with Crippen LogP contribution in [-0.4, -0.2) is 29.2 Å². The van der Waals surface area contributed by atoms with E-state index < -0.39 is 0 Å². The standard InChI is InChI=1S/C27H23N3O3S/c1-32-20-10-6-7-18(15-20)26-28-25(29-33-26)17-13-14-22-24(16-17)34-23-12-5-4-11-21(23)27(31)30(22)19-8-2-3-9-19/h4-7,10-16,19H,2-3,8-9H2,1H3. The lowest BCUT2D eigenvalue weighted by Crippen LogP contribution is -2.39. The van der Waals surface area contributed by atoms with Gasteiger partial charge in [0.05, 0.1) is 18.4 Å². The van der Waals surface area contributed by atoms with Gasteiger partial charge in [0.2, 0.25) is 5.82 Å². The summed E-state index contributed by atoms with van der Waals surface area (Å²) in [6.07, 6.45) is 4.39. The van der Waals surface area contributed by atoms with Gasteiger partial charge in [0.1, 0.15) is 5.75 Å². The van der Waals surface area contributed by atoms with Crippen LogP contribution in [0.2, 0.25) is 0 Å². The lowest BCUT2D eigenvalue weighted by Gasteiger charge is -2.29. The van der Waals surface area contributed by atoms with E-state index in [1.54, 1.807) is 18.9 Å². The van der Waals surface area contributed by atoms with Gasteiger partial charge in [-0.25, -0.2) is 0 Å². The van der Waals surface area contributed by atoms with Gasteiger partial charge in [-0.05, 0) is 61.4 Å². The Morgan fingerprint density at radius 3 is 2.68 bits per heavy atom. The average molecular weight is 470 g/mol. The minimum Gasteiger partial charge on any atom is -0.497 e. The maximum Gasteiger partial charge on any atom is 0.259 e. The molecule has 1 fully saturated rings. The van der Waals surface area contributed by atoms with Gasteiger partial charge >= 0.3 is 0 Å². The first-order chi connectivity index (χ1) is 16.7. The van der Waals surface area contributed by atoms with Crippen LogP contribution in [0.3, 0.4) is 0 Å². The number of anilines is 1. The molecule has 3 aromatic carbocycles. The van der Waals surface area contributed by atoms with E-state index in [9.17, 15) is 4.79 Å². The summed E-state index contributed by atoms with van der Waals surface area (Å²) in [5, 5.41) is 4.23. The van der Waals surface area contributed by atoms with Crippen LogP contribution >= 0.6 is 11.8 Å². The molecule has 170 valence electrons. The number of benzene rings is 3. The fraction of sp³-hybridized carbons (Fsp3) is 0.222. The Morgan fingerprint density at radius 1 is 0.971 bits per heavy atom. The molecule has 6 nitrogen and oxygen atoms in total. The third-order valence-electron chi connectivity index (χ3n) is 6.47. The predicted octanol–water partition coefficient (Wildman–Crippen LogP) is 6.47. The molecule has 0 bridgehead atoms. The molecule has 7 heteroatoms. The minimum atomic E-state index is 0.0846. The molecule has 2 heterocycles. The first-order valence-corrected chi connectivity index (χ1v) is 12.3. The maximum atomic E-state index is 13.6. The zero-order valence-electron chi connectivity index (χ0n) is 18.7. The summed E-state index contributed by atoms with van der Waals surface area (Å²) < 4.78 is 10.9. The Morgan fingerprint density at radius 2 is 1.82 bits per heavy atom. The number of ether oxygens (including phenoxy) is 1. The monoisotopic (exact) mass is 469 g/mol. The van der Waals surface area contributed by atoms with Crippen LogP contribution in [0.1, 0.15) is 36.0 Å². The van der Waals surface area contributed by atoms with Gasteiger partial charge in [-0.1, -0.05) is 48.0 Å². The van der Waals surface area contributed by atoms with Crippen molar-refractivity contribution in [3.8, 4) is 28.6 Å². The largest absolute Gasteiger partial charge is 0.497 e. The molecule has 0 spiro atoms. The number of amides is 1. The molecule has 1 saturated carbocycles. The number of fused-ring (bicyclic) bond motifs is 2. The summed E-state index contributed by atoms with van der Waals surface area (Å²) in [5.74, 6) is 1.76. The van der Waals surface area contributed by atoms with Gasteiger partial charge in [0.15, 0.2) is 0 Å². The number of carbonyl (C=O) groups excluding carboxylic acids is 1. The van der Waals surface area contributed by atoms with Gasteiger partial charge in [0.25, 0.3) is 11.8 Å². The van der Waals surface area contributed by atoms with Crippen molar-refractivity contribution in [2.75, 3.05) is 12.0 Å². The maximum absolute atomic E-state index is 13.6. The van der Waals surface area contributed by atoms with Crippen molar-refractivity contribution in [1.29, 1.82) is 0 Å². The normalized spacial score (nSPS) is 15.7. The molecule has 1 aromatic heterocycles. The highest BCUT2D eigenvalue weighted by atomic mass is 32.2. The van der Waals surface area contributed by atoms with Crippen molar-refractivity contribution >= 4 is 23.4 Å². The van der Waals surface area contributed by atoms with E-state index in [0.717, 1.165) is 63.6 Å². The fourth-order valence-electron chi connectivity index (χ4n) is 4.76. The Kier molecular flexibility index (Phi) is 5.34. The van der Waals surface area contributed by atoms with Gasteiger partial charge in [-0.2, -0.15) is 4.98 Å². The van der Waals surface area contributed by atoms with Crippen molar-refractivity contribution in [1.82, 2.24) is 10.1 Å². The fourth-order valence-corrected chi connectivity index (χ4v) is 5.87. The molecule has 0 radical (unpaired) electrons. The third-order valence-corrected chi connectivity index (χ3v) is 7.59. The molecule has 0 saturated heterocycles. The van der Waals surface area contributed by atoms with E-state index in [0.29, 0.717) is 11.7 Å². The summed E-state index contributed by atoms with van der Waals surface area (Å²) in [4.78, 5) is 22.3. The van der Waals surface area contributed by atoms with E-state index in [1.807, 2.05) is 65.6 Å². The Labute approximate surface area is 201 Å². The lowest BCUT2D eigenvalue weighted by atomic mass is 10.1. The Balaban J connectivity index is 1.41. The zero-order valence-corrected chi connectivity index (χ0v) is 19.5. The molecular weight excluding hydrogens is 446 g/mol. The molecular formula is C27H23N3O3S. The summed E-state index contributed by atoms with van der Waals surface area (Å²) in [6.45, 7) is 0. The van der Waals surface area contributed by atoms with Crippen LogP contribution in [0.5, 0.6) is 5.75 Å². The van der Waals surface area contributed by atoms with Crippen molar-refractivity contribution < 1.29 is 14.1 Å². The van der Waals surface area contributed by atoms with Crippen LogP contribution < -0.4 is 9.64 Å². The molecule has 34 heavy (non-hydrogen) atoms. The van der Waals surface area contributed by atoms with Gasteiger partial charge in [0, 0.05) is 27.0 Å². The second-order valence-corrected chi connectivity index (χ2v) is 9.63. The number of nitrogens with zero attached hydrogens (tertiary/aromatic N) is 3. The molecule has 0 unspecified atom stereocenters. The summed E-state index contributed by atoms with van der Waals surface area (Å²) in [7, 11) is 1.63. The summed E-state index contributed by atoms with van der Waals surface area (Å²) in [6, 6.07) is 21.7. The average Bonchev–Trinajstić information content (AvgIpc) is 3.56. The summed E-state index contributed by atoms with van der Waals surface area (Å²) in [5.41, 5.74) is 3.37. The number of rotatable bonds is 4. The van der Waals surface area contributed by atoms with E-state index >= 15 is 0 Å². The van der Waals surface area contributed by atoms with Gasteiger partial charge < -0.3 is 14.2 Å². The Hall–Kier alpha value is -3.58. The van der Waals surface area contributed by atoms with Crippen LogP contribution in [-0.2, 0) is 0 Å². The molecule has 1 amide bonds. The van der Waals surface area contributed by atoms with Crippen molar-refractivity contribution in [3.05, 3.63) is 72.3 Å². The molecule has 4 aromatic rings. The van der Waals surface area contributed by atoms with Crippen molar-refractivity contribution in [2.45, 2.75) is 41.5 Å². The molecule has 6 rings (SSSR count). The van der Waals surface area contributed by atoms with E-state index in [1.165, 1.54) is 0 Å². The third kappa shape index (κ3) is 3.66. The molecule has 0 atom stereocenters. The molecule has 0 N–H and O–H groups in total. The van der Waals surface area contributed by atoms with Crippen LogP contribution in [0.15, 0.2) is 81.0 Å². The number of hydrogen-bond donors (Lipinski definition) is 0. The second kappa shape index (κ2) is 8.65. The van der Waals surface area contributed by atoms with Crippen molar-refractivity contribution in [3.63, 3.8) is 0 Å². The highest BCUT2D eigenvalue weighted by molar-refractivity contribution is 7.99. The minimum absolute atomic E-state index is 0.0846. The number of aromatic nitrogens is 2. The van der Waals surface area contributed by atoms with Crippen LogP contribution in [0, 0.1) is 0 Å². The molecule has 2 aliphatic rings. The highest BCUT2D eigenvalue weighted by Crippen LogP contribution is 2.45. The van der Waals surface area contributed by atoms with Gasteiger partial charge in [-0.15, -0.1) is 0 Å². The second-order valence-electron chi connectivity index (χ2n) is 8.55. The van der Waals surface area contributed by atoms with Crippen LogP contribution in [0.25, 0.3) is 22.8 Å². The van der Waals surface area contributed by atoms with E-state index in [4.69, 9.17) is 9.26 Å². The quantitative estimate of drug-likeness (QED) is 0.341. The van der Waals surface area contributed by atoms with Gasteiger partial charge in [-0.3, -0.25) is 4.79 Å². The number of carbonyl (C=O) groups is 1. The zero-order chi connectivity index (χ0) is 23.1. The SMILES string of the molecule is COc1cccc(-c2nc(-c3ccc4c(c3)Sc3ccccc3C(=O)N4C3CCCC3)no2)c1. The molecule has 1 aliphatic carbocycles. The topological polar surface area (TPSA) is 68.5 Å². The predicted molar refractivity (Wildman–Crippen MR) is 131 cm³/mol. The highest BCUT2D eigenvalue weighted by Gasteiger charge is 2.34. The molecule has 1 aliphatic heterocycles.